The molecule has 0 bridgehead atoms. The molecule has 29 heavy (non-hydrogen) atoms. The average molecular weight is 412 g/mol. The third-order valence-electron chi connectivity index (χ3n) is 5.16. The van der Waals surface area contributed by atoms with Crippen LogP contribution in [0.3, 0.4) is 0 Å². The molecule has 0 unspecified atom stereocenters. The van der Waals surface area contributed by atoms with E-state index in [2.05, 4.69) is 0 Å². The number of carbonyl (C=O) groups is 3. The molecule has 2 aliphatic rings. The number of ketones is 1. The van der Waals surface area contributed by atoms with E-state index < -0.39 is 46.1 Å². The van der Waals surface area contributed by atoms with Crippen LogP contribution in [0.25, 0.3) is 0 Å². The van der Waals surface area contributed by atoms with Gasteiger partial charge in [0.2, 0.25) is 11.4 Å². The average Bonchev–Trinajstić information content (AvgIpc) is 2.78. The van der Waals surface area contributed by atoms with Crippen LogP contribution >= 0.6 is 0 Å². The van der Waals surface area contributed by atoms with Crippen molar-refractivity contribution < 1.29 is 31.9 Å². The Morgan fingerprint density at radius 2 is 1.72 bits per heavy atom. The van der Waals surface area contributed by atoms with Gasteiger partial charge in [0.05, 0.1) is 12.1 Å². The fourth-order valence-corrected chi connectivity index (χ4v) is 4.03. The van der Waals surface area contributed by atoms with Gasteiger partial charge in [-0.25, -0.2) is 4.39 Å². The van der Waals surface area contributed by atoms with E-state index in [-0.39, 0.29) is 25.1 Å². The second-order valence-corrected chi connectivity index (χ2v) is 8.21. The quantitative estimate of drug-likeness (QED) is 0.776. The van der Waals surface area contributed by atoms with Gasteiger partial charge in [0, 0.05) is 19.0 Å². The number of nitrogens with one attached hydrogen (secondary N) is 1. The molecule has 0 radical (unpaired) electrons. The highest BCUT2D eigenvalue weighted by molar-refractivity contribution is 6.13. The zero-order valence-electron chi connectivity index (χ0n) is 16.1. The van der Waals surface area contributed by atoms with E-state index >= 15 is 0 Å². The Morgan fingerprint density at radius 1 is 1.14 bits per heavy atom. The van der Waals surface area contributed by atoms with Gasteiger partial charge in [-0.3, -0.25) is 14.4 Å². The molecule has 9 heteroatoms. The Morgan fingerprint density at radius 3 is 2.24 bits per heavy atom. The SMILES string of the molecule is CC(=O)N[C@]1(C(F)(F)F)C(=O)N(Cc2ccc(F)cc2)C2=C1C(=O)CC(C)(C)C2. The molecule has 2 amide bonds. The topological polar surface area (TPSA) is 66.5 Å². The predicted octanol–water partition coefficient (Wildman–Crippen LogP) is 3.25. The Kier molecular flexibility index (Phi) is 4.83. The summed E-state index contributed by atoms with van der Waals surface area (Å²) < 4.78 is 55.9. The van der Waals surface area contributed by atoms with Crippen LogP contribution in [0.2, 0.25) is 0 Å². The first-order valence-corrected chi connectivity index (χ1v) is 8.97. The van der Waals surface area contributed by atoms with Crippen LogP contribution in [-0.2, 0) is 20.9 Å². The molecule has 0 fully saturated rings. The van der Waals surface area contributed by atoms with Gasteiger partial charge in [-0.1, -0.05) is 26.0 Å². The summed E-state index contributed by atoms with van der Waals surface area (Å²) in [6.07, 6.45) is -5.34. The van der Waals surface area contributed by atoms with E-state index in [0.717, 1.165) is 24.0 Å². The first-order chi connectivity index (χ1) is 13.3. The summed E-state index contributed by atoms with van der Waals surface area (Å²) in [7, 11) is 0. The van der Waals surface area contributed by atoms with E-state index in [4.69, 9.17) is 0 Å². The van der Waals surface area contributed by atoms with E-state index in [1.165, 1.54) is 12.1 Å². The van der Waals surface area contributed by atoms with Crippen molar-refractivity contribution in [2.24, 2.45) is 5.41 Å². The van der Waals surface area contributed by atoms with Crippen molar-refractivity contribution in [1.82, 2.24) is 10.2 Å². The maximum atomic E-state index is 14.2. The lowest BCUT2D eigenvalue weighted by molar-refractivity contribution is -0.194. The molecule has 3 rings (SSSR count). The molecule has 1 aliphatic heterocycles. The van der Waals surface area contributed by atoms with E-state index in [0.29, 0.717) is 5.56 Å². The number of rotatable bonds is 3. The van der Waals surface area contributed by atoms with Gasteiger partial charge in [-0.15, -0.1) is 0 Å². The van der Waals surface area contributed by atoms with Gasteiger partial charge in [0.15, 0.2) is 5.78 Å². The molecule has 1 heterocycles. The Hall–Kier alpha value is -2.71. The predicted molar refractivity (Wildman–Crippen MR) is 94.6 cm³/mol. The van der Waals surface area contributed by atoms with Crippen LogP contribution in [0.1, 0.15) is 39.2 Å². The molecule has 0 spiro atoms. The normalized spacial score (nSPS) is 24.0. The van der Waals surface area contributed by atoms with Crippen LogP contribution in [0.15, 0.2) is 35.5 Å². The van der Waals surface area contributed by atoms with E-state index in [9.17, 15) is 31.9 Å². The number of hydrogen-bond acceptors (Lipinski definition) is 3. The van der Waals surface area contributed by atoms with Crippen LogP contribution < -0.4 is 5.32 Å². The smallest absolute Gasteiger partial charge is 0.331 e. The highest BCUT2D eigenvalue weighted by Gasteiger charge is 2.71. The van der Waals surface area contributed by atoms with Gasteiger partial charge in [-0.2, -0.15) is 13.2 Å². The third kappa shape index (κ3) is 3.42. The Balaban J connectivity index is 2.20. The third-order valence-corrected chi connectivity index (χ3v) is 5.16. The number of alkyl halides is 3. The molecule has 1 N–H and O–H groups in total. The highest BCUT2D eigenvalue weighted by Crippen LogP contribution is 2.52. The Labute approximate surface area is 164 Å². The number of allylic oxidation sites excluding steroid dienone is 1. The highest BCUT2D eigenvalue weighted by atomic mass is 19.4. The molecule has 1 aromatic carbocycles. The van der Waals surface area contributed by atoms with Crippen molar-refractivity contribution >= 4 is 17.6 Å². The van der Waals surface area contributed by atoms with Gasteiger partial charge in [0.1, 0.15) is 5.82 Å². The number of halogens is 4. The molecular formula is C20H20F4N2O3. The zero-order valence-corrected chi connectivity index (χ0v) is 16.1. The lowest BCUT2D eigenvalue weighted by atomic mass is 9.72. The Bertz CT molecular complexity index is 919. The molecule has 0 saturated carbocycles. The van der Waals surface area contributed by atoms with Crippen LogP contribution in [0.4, 0.5) is 17.6 Å². The molecule has 1 atom stereocenters. The van der Waals surface area contributed by atoms with Crippen LogP contribution in [0, 0.1) is 11.2 Å². The van der Waals surface area contributed by atoms with E-state index in [1.807, 2.05) is 0 Å². The van der Waals surface area contributed by atoms with Gasteiger partial charge < -0.3 is 10.2 Å². The fourth-order valence-electron chi connectivity index (χ4n) is 4.03. The first-order valence-electron chi connectivity index (χ1n) is 8.97. The molecule has 1 aliphatic carbocycles. The maximum absolute atomic E-state index is 14.2. The second kappa shape index (κ2) is 6.67. The number of benzene rings is 1. The molecule has 5 nitrogen and oxygen atoms in total. The summed E-state index contributed by atoms with van der Waals surface area (Å²) in [4.78, 5) is 38.5. The van der Waals surface area contributed by atoms with Gasteiger partial charge in [0.25, 0.3) is 5.91 Å². The standard InChI is InChI=1S/C20H20F4N2O3/c1-11(27)25-19(20(22,23)24)16-14(8-18(2,3)9-15(16)28)26(17(19)29)10-12-4-6-13(21)7-5-12/h4-7H,8-10H2,1-3H3,(H,25,27)/t19-/m0/s1. The fraction of sp³-hybridized carbons (Fsp3) is 0.450. The molecular weight excluding hydrogens is 392 g/mol. The van der Waals surface area contributed by atoms with Crippen molar-refractivity contribution in [2.75, 3.05) is 0 Å². The summed E-state index contributed by atoms with van der Waals surface area (Å²) in [5.41, 5.74) is -4.45. The number of carbonyl (C=O) groups excluding carboxylic acids is 3. The first kappa shape index (κ1) is 21.0. The maximum Gasteiger partial charge on any atom is 0.425 e. The van der Waals surface area contributed by atoms with Crippen molar-refractivity contribution in [3.63, 3.8) is 0 Å². The van der Waals surface area contributed by atoms with Crippen molar-refractivity contribution in [1.29, 1.82) is 0 Å². The number of hydrogen-bond donors (Lipinski definition) is 1. The number of Topliss-reactive ketones (excluding diaryl/α,β-unsaturated/α-hetero) is 1. The lowest BCUT2D eigenvalue weighted by Gasteiger charge is -2.35. The second-order valence-electron chi connectivity index (χ2n) is 8.21. The zero-order chi connectivity index (χ0) is 21.8. The number of nitrogens with zero attached hydrogens (tertiary/aromatic N) is 1. The monoisotopic (exact) mass is 412 g/mol. The minimum atomic E-state index is -5.22. The van der Waals surface area contributed by atoms with Crippen LogP contribution in [-0.4, -0.2) is 34.2 Å². The molecule has 0 saturated heterocycles. The molecule has 1 aromatic rings. The van der Waals surface area contributed by atoms with Crippen molar-refractivity contribution in [2.45, 2.75) is 51.9 Å². The largest absolute Gasteiger partial charge is 0.425 e. The minimum absolute atomic E-state index is 0.0494. The van der Waals surface area contributed by atoms with Crippen LogP contribution in [0.5, 0.6) is 0 Å². The number of amides is 2. The summed E-state index contributed by atoms with van der Waals surface area (Å²) in [5.74, 6) is -3.86. The van der Waals surface area contributed by atoms with E-state index in [1.54, 1.807) is 19.2 Å². The van der Waals surface area contributed by atoms with Gasteiger partial charge >= 0.3 is 6.18 Å². The summed E-state index contributed by atoms with van der Waals surface area (Å²) in [6, 6.07) is 4.97. The molecule has 156 valence electrons. The summed E-state index contributed by atoms with van der Waals surface area (Å²) in [5, 5.41) is 1.73. The summed E-state index contributed by atoms with van der Waals surface area (Å²) >= 11 is 0. The van der Waals surface area contributed by atoms with Crippen molar-refractivity contribution in [3.8, 4) is 0 Å². The van der Waals surface area contributed by atoms with Crippen molar-refractivity contribution in [3.05, 3.63) is 46.9 Å². The minimum Gasteiger partial charge on any atom is -0.331 e. The summed E-state index contributed by atoms with van der Waals surface area (Å²) in [6.45, 7) is 4.03. The van der Waals surface area contributed by atoms with Gasteiger partial charge in [-0.05, 0) is 29.5 Å². The lowest BCUT2D eigenvalue weighted by Crippen LogP contribution is -2.65. The molecule has 0 aromatic heterocycles.